The van der Waals surface area contributed by atoms with Crippen LogP contribution in [0.15, 0.2) is 12.4 Å². The highest BCUT2D eigenvalue weighted by atomic mass is 35.5. The Bertz CT molecular complexity index is 838. The predicted octanol–water partition coefficient (Wildman–Crippen LogP) is 2.89. The third kappa shape index (κ3) is 3.31. The molecule has 3 aromatic heterocycles. The molecule has 1 atom stereocenters. The number of anilines is 1. The summed E-state index contributed by atoms with van der Waals surface area (Å²) in [4.78, 5) is 14.3. The number of nitrogens with zero attached hydrogens (tertiary/aromatic N) is 4. The third-order valence-corrected chi connectivity index (χ3v) is 5.16. The van der Waals surface area contributed by atoms with E-state index in [9.17, 15) is 0 Å². The highest BCUT2D eigenvalue weighted by Gasteiger charge is 2.16. The van der Waals surface area contributed by atoms with Gasteiger partial charge in [0.15, 0.2) is 0 Å². The lowest BCUT2D eigenvalue weighted by molar-refractivity contribution is 0.744. The minimum Gasteiger partial charge on any atom is -0.362 e. The van der Waals surface area contributed by atoms with Crippen molar-refractivity contribution in [2.75, 3.05) is 5.32 Å². The molecule has 0 bridgehead atoms. The highest BCUT2D eigenvalue weighted by molar-refractivity contribution is 7.19. The monoisotopic (exact) mass is 350 g/mol. The summed E-state index contributed by atoms with van der Waals surface area (Å²) in [5, 5.41) is 3.57. The molecule has 0 aromatic carbocycles. The highest BCUT2D eigenvalue weighted by Crippen LogP contribution is 2.35. The van der Waals surface area contributed by atoms with Gasteiger partial charge in [-0.15, -0.1) is 11.3 Å². The molecule has 0 spiro atoms. The molecule has 0 saturated carbocycles. The van der Waals surface area contributed by atoms with E-state index in [4.69, 9.17) is 17.3 Å². The summed E-state index contributed by atoms with van der Waals surface area (Å²) in [5.74, 6) is 1.67. The van der Waals surface area contributed by atoms with Crippen LogP contribution in [0.2, 0.25) is 5.28 Å². The Kier molecular flexibility index (Phi) is 4.52. The molecule has 0 amide bonds. The van der Waals surface area contributed by atoms with Gasteiger partial charge in [-0.1, -0.05) is 0 Å². The molecule has 3 heterocycles. The molecule has 0 saturated heterocycles. The van der Waals surface area contributed by atoms with Gasteiger partial charge in [0.2, 0.25) is 5.28 Å². The molecule has 8 heteroatoms. The molecule has 0 radical (unpaired) electrons. The van der Waals surface area contributed by atoms with Crippen LogP contribution in [0.3, 0.4) is 0 Å². The fourth-order valence-electron chi connectivity index (χ4n) is 2.44. The zero-order valence-corrected chi connectivity index (χ0v) is 14.9. The average molecular weight is 351 g/mol. The Morgan fingerprint density at radius 3 is 2.87 bits per heavy atom. The molecule has 0 aliphatic rings. The Morgan fingerprint density at radius 2 is 2.22 bits per heavy atom. The quantitative estimate of drug-likeness (QED) is 0.691. The number of imidazole rings is 1. The Hall–Kier alpha value is -1.70. The van der Waals surface area contributed by atoms with Crippen molar-refractivity contribution in [2.45, 2.75) is 32.9 Å². The number of nitrogens with one attached hydrogen (secondary N) is 1. The summed E-state index contributed by atoms with van der Waals surface area (Å²) >= 11 is 7.78. The van der Waals surface area contributed by atoms with Crippen molar-refractivity contribution >= 4 is 39.0 Å². The van der Waals surface area contributed by atoms with E-state index in [0.717, 1.165) is 33.8 Å². The van der Waals surface area contributed by atoms with Crippen LogP contribution in [0.5, 0.6) is 0 Å². The number of rotatable bonds is 5. The number of hydrogen-bond acceptors (Lipinski definition) is 6. The van der Waals surface area contributed by atoms with Crippen LogP contribution in [0.25, 0.3) is 10.2 Å². The van der Waals surface area contributed by atoms with E-state index in [2.05, 4.69) is 27.2 Å². The van der Waals surface area contributed by atoms with Gasteiger partial charge in [-0.25, -0.2) is 9.97 Å². The van der Waals surface area contributed by atoms with Gasteiger partial charge < -0.3 is 15.6 Å². The number of fused-ring (bicyclic) bond motifs is 1. The van der Waals surface area contributed by atoms with Gasteiger partial charge in [-0.3, -0.25) is 0 Å². The van der Waals surface area contributed by atoms with Gasteiger partial charge in [0, 0.05) is 30.4 Å². The SMILES string of the molecule is Cc1c(C[C@H](C)N)sc2c(NCc3nccn3C)nc(Cl)nc12. The number of nitrogens with two attached hydrogens (primary N) is 1. The minimum absolute atomic E-state index is 0.106. The van der Waals surface area contributed by atoms with Gasteiger partial charge in [0.25, 0.3) is 0 Å². The van der Waals surface area contributed by atoms with Crippen LogP contribution in [-0.2, 0) is 20.0 Å². The molecule has 122 valence electrons. The van der Waals surface area contributed by atoms with Crippen molar-refractivity contribution in [3.63, 3.8) is 0 Å². The molecule has 3 rings (SSSR count). The summed E-state index contributed by atoms with van der Waals surface area (Å²) in [7, 11) is 1.96. The average Bonchev–Trinajstić information content (AvgIpc) is 3.02. The van der Waals surface area contributed by atoms with E-state index < -0.39 is 0 Å². The van der Waals surface area contributed by atoms with Gasteiger partial charge in [0.1, 0.15) is 11.6 Å². The Labute approximate surface area is 143 Å². The molecule has 0 unspecified atom stereocenters. The summed E-state index contributed by atoms with van der Waals surface area (Å²) in [6.07, 6.45) is 4.51. The molecule has 3 N–H and O–H groups in total. The van der Waals surface area contributed by atoms with Crippen LogP contribution in [-0.4, -0.2) is 25.6 Å². The van der Waals surface area contributed by atoms with Crippen molar-refractivity contribution < 1.29 is 0 Å². The molecule has 3 aromatic rings. The molecule has 6 nitrogen and oxygen atoms in total. The van der Waals surface area contributed by atoms with Crippen LogP contribution in [0.4, 0.5) is 5.82 Å². The van der Waals surface area contributed by atoms with Crippen molar-refractivity contribution in [2.24, 2.45) is 12.8 Å². The number of aromatic nitrogens is 4. The summed E-state index contributed by atoms with van der Waals surface area (Å²) in [6.45, 7) is 4.64. The van der Waals surface area contributed by atoms with Gasteiger partial charge in [-0.2, -0.15) is 4.98 Å². The first kappa shape index (κ1) is 16.2. The first-order valence-corrected chi connectivity index (χ1v) is 8.56. The van der Waals surface area contributed by atoms with E-state index in [-0.39, 0.29) is 11.3 Å². The van der Waals surface area contributed by atoms with Crippen molar-refractivity contribution in [1.82, 2.24) is 19.5 Å². The fraction of sp³-hybridized carbons (Fsp3) is 0.400. The minimum atomic E-state index is 0.106. The number of aryl methyl sites for hydroxylation is 2. The van der Waals surface area contributed by atoms with E-state index in [0.29, 0.717) is 6.54 Å². The summed E-state index contributed by atoms with van der Waals surface area (Å²) < 4.78 is 2.98. The Balaban J connectivity index is 1.97. The van der Waals surface area contributed by atoms with Gasteiger partial charge >= 0.3 is 0 Å². The van der Waals surface area contributed by atoms with Crippen LogP contribution < -0.4 is 11.1 Å². The largest absolute Gasteiger partial charge is 0.362 e. The van der Waals surface area contributed by atoms with E-state index in [1.807, 2.05) is 24.7 Å². The summed E-state index contributed by atoms with van der Waals surface area (Å²) in [5.41, 5.74) is 7.97. The second kappa shape index (κ2) is 6.43. The maximum absolute atomic E-state index is 6.10. The molecular weight excluding hydrogens is 332 g/mol. The lowest BCUT2D eigenvalue weighted by Gasteiger charge is -2.07. The Morgan fingerprint density at radius 1 is 1.43 bits per heavy atom. The number of halogens is 1. The second-order valence-corrected chi connectivity index (χ2v) is 7.10. The zero-order valence-electron chi connectivity index (χ0n) is 13.3. The standard InChI is InChI=1S/C15H19ClN6S/c1-8(17)6-10-9(2)12-13(23-10)14(21-15(16)20-12)19-7-11-18-4-5-22(11)3/h4-5,8H,6-7,17H2,1-3H3,(H,19,20,21)/t8-/m0/s1. The normalized spacial score (nSPS) is 12.7. The number of thiophene rings is 1. The van der Waals surface area contributed by atoms with E-state index in [1.165, 1.54) is 4.88 Å². The zero-order chi connectivity index (χ0) is 16.6. The maximum Gasteiger partial charge on any atom is 0.224 e. The van der Waals surface area contributed by atoms with E-state index >= 15 is 0 Å². The van der Waals surface area contributed by atoms with Crippen LogP contribution in [0.1, 0.15) is 23.2 Å². The predicted molar refractivity (Wildman–Crippen MR) is 95.1 cm³/mol. The first-order chi connectivity index (χ1) is 11.0. The van der Waals surface area contributed by atoms with Crippen molar-refractivity contribution in [3.8, 4) is 0 Å². The lowest BCUT2D eigenvalue weighted by atomic mass is 10.1. The molecular formula is C15H19ClN6S. The summed E-state index contributed by atoms with van der Waals surface area (Å²) in [6, 6.07) is 0.106. The van der Waals surface area contributed by atoms with Crippen LogP contribution in [0, 0.1) is 6.92 Å². The van der Waals surface area contributed by atoms with Crippen LogP contribution >= 0.6 is 22.9 Å². The van der Waals surface area contributed by atoms with Gasteiger partial charge in [-0.05, 0) is 37.4 Å². The fourth-order valence-corrected chi connectivity index (χ4v) is 3.96. The molecule has 0 aliphatic carbocycles. The third-order valence-electron chi connectivity index (χ3n) is 3.68. The topological polar surface area (TPSA) is 81.6 Å². The molecule has 0 aliphatic heterocycles. The number of hydrogen-bond donors (Lipinski definition) is 2. The molecule has 23 heavy (non-hydrogen) atoms. The first-order valence-electron chi connectivity index (χ1n) is 7.37. The molecule has 0 fully saturated rings. The van der Waals surface area contributed by atoms with Crippen molar-refractivity contribution in [3.05, 3.63) is 33.9 Å². The lowest BCUT2D eigenvalue weighted by Crippen LogP contribution is -2.17. The second-order valence-electron chi connectivity index (χ2n) is 5.66. The van der Waals surface area contributed by atoms with E-state index in [1.54, 1.807) is 17.5 Å². The van der Waals surface area contributed by atoms with Gasteiger partial charge in [0.05, 0.1) is 16.8 Å². The maximum atomic E-state index is 6.10. The smallest absolute Gasteiger partial charge is 0.224 e. The van der Waals surface area contributed by atoms with Crippen molar-refractivity contribution in [1.29, 1.82) is 0 Å².